The van der Waals surface area contributed by atoms with Crippen LogP contribution in [0.2, 0.25) is 0 Å². The van der Waals surface area contributed by atoms with Crippen LogP contribution in [0.1, 0.15) is 55.3 Å². The molecular formula is C18H26N4O. The van der Waals surface area contributed by atoms with Gasteiger partial charge in [0.25, 0.3) is 5.56 Å². The lowest BCUT2D eigenvalue weighted by molar-refractivity contribution is 0.334. The fraction of sp³-hybridized carbons (Fsp3) is 0.667. The molecular weight excluding hydrogens is 288 g/mol. The Kier molecular flexibility index (Phi) is 3.76. The maximum absolute atomic E-state index is 12.4. The van der Waals surface area contributed by atoms with Gasteiger partial charge in [0.05, 0.1) is 5.69 Å². The summed E-state index contributed by atoms with van der Waals surface area (Å²) in [4.78, 5) is 18.0. The molecule has 5 heteroatoms. The molecule has 3 heterocycles. The molecule has 5 nitrogen and oxygen atoms in total. The molecule has 4 rings (SSSR count). The summed E-state index contributed by atoms with van der Waals surface area (Å²) in [6.07, 6.45) is 6.65. The molecule has 1 aliphatic carbocycles. The molecule has 2 aliphatic rings. The first kappa shape index (κ1) is 14.9. The van der Waals surface area contributed by atoms with Crippen molar-refractivity contribution >= 4 is 11.0 Å². The summed E-state index contributed by atoms with van der Waals surface area (Å²) in [5.41, 5.74) is 4.53. The molecule has 1 N–H and O–H groups in total. The number of fused-ring (bicyclic) bond motifs is 3. The second-order valence-electron chi connectivity index (χ2n) is 7.14. The predicted octanol–water partition coefficient (Wildman–Crippen LogP) is 2.34. The van der Waals surface area contributed by atoms with Crippen LogP contribution in [0.15, 0.2) is 4.79 Å². The Morgan fingerprint density at radius 2 is 2.04 bits per heavy atom. The van der Waals surface area contributed by atoms with Crippen LogP contribution in [0.25, 0.3) is 11.0 Å². The van der Waals surface area contributed by atoms with Crippen molar-refractivity contribution in [3.8, 4) is 0 Å². The Morgan fingerprint density at radius 1 is 1.26 bits per heavy atom. The van der Waals surface area contributed by atoms with Crippen molar-refractivity contribution in [1.29, 1.82) is 0 Å². The smallest absolute Gasteiger partial charge is 0.253 e. The summed E-state index contributed by atoms with van der Waals surface area (Å²) >= 11 is 0. The predicted molar refractivity (Wildman–Crippen MR) is 92.1 cm³/mol. The van der Waals surface area contributed by atoms with E-state index in [9.17, 15) is 4.79 Å². The first-order valence-corrected chi connectivity index (χ1v) is 9.02. The average molecular weight is 314 g/mol. The van der Waals surface area contributed by atoms with Crippen molar-refractivity contribution in [2.24, 2.45) is 7.05 Å². The normalized spacial score (nSPS) is 21.9. The first-order chi connectivity index (χ1) is 11.2. The standard InChI is InChI=1S/C18H26N4O/c1-3-9-22-10-8-12(11-22)16-15-13-6-4-5-7-14(13)18(23)19-17(15)21(2)20-16/h12H,3-11H2,1-2H3,(H,19,23). The molecule has 23 heavy (non-hydrogen) atoms. The molecule has 1 saturated heterocycles. The molecule has 0 amide bonds. The summed E-state index contributed by atoms with van der Waals surface area (Å²) in [5.74, 6) is 0.502. The number of hydrogen-bond acceptors (Lipinski definition) is 3. The minimum Gasteiger partial charge on any atom is -0.307 e. The van der Waals surface area contributed by atoms with Gasteiger partial charge in [0.1, 0.15) is 5.65 Å². The Balaban J connectivity index is 1.83. The van der Waals surface area contributed by atoms with E-state index in [0.717, 1.165) is 37.0 Å². The van der Waals surface area contributed by atoms with Crippen LogP contribution >= 0.6 is 0 Å². The van der Waals surface area contributed by atoms with E-state index in [1.165, 1.54) is 49.0 Å². The fourth-order valence-corrected chi connectivity index (χ4v) is 4.46. The summed E-state index contributed by atoms with van der Waals surface area (Å²) in [7, 11) is 1.95. The lowest BCUT2D eigenvalue weighted by Gasteiger charge is -2.17. The van der Waals surface area contributed by atoms with E-state index >= 15 is 0 Å². The van der Waals surface area contributed by atoms with Gasteiger partial charge in [0.2, 0.25) is 0 Å². The lowest BCUT2D eigenvalue weighted by atomic mass is 9.88. The minimum absolute atomic E-state index is 0.0979. The number of aromatic nitrogens is 3. The molecule has 2 aromatic heterocycles. The van der Waals surface area contributed by atoms with Gasteiger partial charge in [-0.1, -0.05) is 6.92 Å². The van der Waals surface area contributed by atoms with Gasteiger partial charge in [0.15, 0.2) is 0 Å². The molecule has 0 bridgehead atoms. The lowest BCUT2D eigenvalue weighted by Crippen LogP contribution is -2.21. The third-order valence-corrected chi connectivity index (χ3v) is 5.55. The maximum Gasteiger partial charge on any atom is 0.253 e. The van der Waals surface area contributed by atoms with Crippen molar-refractivity contribution in [3.63, 3.8) is 0 Å². The molecule has 0 radical (unpaired) electrons. The molecule has 0 aromatic carbocycles. The number of aromatic amines is 1. The minimum atomic E-state index is 0.0979. The van der Waals surface area contributed by atoms with Crippen molar-refractivity contribution in [2.45, 2.75) is 51.4 Å². The van der Waals surface area contributed by atoms with Gasteiger partial charge in [-0.05, 0) is 57.2 Å². The van der Waals surface area contributed by atoms with Crippen molar-refractivity contribution < 1.29 is 0 Å². The topological polar surface area (TPSA) is 53.9 Å². The second-order valence-corrected chi connectivity index (χ2v) is 7.14. The SMILES string of the molecule is CCCN1CCC(c2nn(C)c3[nH]c(=O)c4c(c23)CCCC4)C1. The highest BCUT2D eigenvalue weighted by molar-refractivity contribution is 5.84. The number of likely N-dealkylation sites (tertiary alicyclic amines) is 1. The molecule has 1 fully saturated rings. The molecule has 1 atom stereocenters. The Bertz CT molecular complexity index is 788. The van der Waals surface area contributed by atoms with Gasteiger partial charge in [-0.3, -0.25) is 9.48 Å². The Hall–Kier alpha value is -1.62. The number of rotatable bonds is 3. The monoisotopic (exact) mass is 314 g/mol. The number of hydrogen-bond donors (Lipinski definition) is 1. The van der Waals surface area contributed by atoms with Gasteiger partial charge in [0, 0.05) is 30.5 Å². The highest BCUT2D eigenvalue weighted by atomic mass is 16.1. The van der Waals surface area contributed by atoms with Gasteiger partial charge in [-0.2, -0.15) is 5.10 Å². The van der Waals surface area contributed by atoms with E-state index in [1.807, 2.05) is 11.7 Å². The van der Waals surface area contributed by atoms with Crippen molar-refractivity contribution in [1.82, 2.24) is 19.7 Å². The highest BCUT2D eigenvalue weighted by Crippen LogP contribution is 2.35. The van der Waals surface area contributed by atoms with Crippen LogP contribution in [0.3, 0.4) is 0 Å². The van der Waals surface area contributed by atoms with E-state index in [4.69, 9.17) is 5.10 Å². The molecule has 0 saturated carbocycles. The van der Waals surface area contributed by atoms with E-state index in [2.05, 4.69) is 16.8 Å². The van der Waals surface area contributed by atoms with Gasteiger partial charge in [-0.15, -0.1) is 0 Å². The fourth-order valence-electron chi connectivity index (χ4n) is 4.46. The summed E-state index contributed by atoms with van der Waals surface area (Å²) in [5, 5.41) is 6.09. The van der Waals surface area contributed by atoms with E-state index in [0.29, 0.717) is 5.92 Å². The van der Waals surface area contributed by atoms with Gasteiger partial charge in [-0.25, -0.2) is 0 Å². The largest absolute Gasteiger partial charge is 0.307 e. The van der Waals surface area contributed by atoms with Crippen LogP contribution in [0.5, 0.6) is 0 Å². The van der Waals surface area contributed by atoms with E-state index in [-0.39, 0.29) is 5.56 Å². The summed E-state index contributed by atoms with van der Waals surface area (Å²) in [6, 6.07) is 0. The second kappa shape index (κ2) is 5.78. The van der Waals surface area contributed by atoms with Gasteiger partial charge >= 0.3 is 0 Å². The molecule has 0 spiro atoms. The van der Waals surface area contributed by atoms with Crippen molar-refractivity contribution in [2.75, 3.05) is 19.6 Å². The molecule has 124 valence electrons. The highest BCUT2D eigenvalue weighted by Gasteiger charge is 2.30. The number of H-pyrrole nitrogens is 1. The Morgan fingerprint density at radius 3 is 2.83 bits per heavy atom. The maximum atomic E-state index is 12.4. The number of aryl methyl sites for hydroxylation is 2. The number of nitrogens with one attached hydrogen (secondary N) is 1. The molecule has 1 aliphatic heterocycles. The zero-order valence-electron chi connectivity index (χ0n) is 14.2. The quantitative estimate of drug-likeness (QED) is 0.946. The zero-order valence-corrected chi connectivity index (χ0v) is 14.2. The van der Waals surface area contributed by atoms with Crippen LogP contribution in [0.4, 0.5) is 0 Å². The average Bonchev–Trinajstić information content (AvgIpc) is 3.13. The summed E-state index contributed by atoms with van der Waals surface area (Å²) < 4.78 is 1.88. The molecule has 2 aromatic rings. The van der Waals surface area contributed by atoms with Crippen LogP contribution in [-0.2, 0) is 19.9 Å². The van der Waals surface area contributed by atoms with E-state index < -0.39 is 0 Å². The Labute approximate surface area is 136 Å². The summed E-state index contributed by atoms with van der Waals surface area (Å²) in [6.45, 7) is 5.69. The van der Waals surface area contributed by atoms with E-state index in [1.54, 1.807) is 0 Å². The first-order valence-electron chi connectivity index (χ1n) is 9.02. The number of nitrogens with zero attached hydrogens (tertiary/aromatic N) is 3. The third-order valence-electron chi connectivity index (χ3n) is 5.55. The zero-order chi connectivity index (χ0) is 16.0. The molecule has 1 unspecified atom stereocenters. The van der Waals surface area contributed by atoms with Crippen LogP contribution in [-0.4, -0.2) is 39.3 Å². The van der Waals surface area contributed by atoms with Crippen molar-refractivity contribution in [3.05, 3.63) is 27.2 Å². The van der Waals surface area contributed by atoms with Crippen LogP contribution in [0, 0.1) is 0 Å². The third kappa shape index (κ3) is 2.42. The van der Waals surface area contributed by atoms with Gasteiger partial charge < -0.3 is 9.88 Å². The number of pyridine rings is 1. The van der Waals surface area contributed by atoms with Crippen LogP contribution < -0.4 is 5.56 Å².